The third kappa shape index (κ3) is 7.44. The SMILES string of the molecule is Cc1ccccc1CN1CCc2ccc(C(=O)CCCC3CCN(Cc4cccc(C#N)c4)CC3)cc2CC1. The van der Waals surface area contributed by atoms with Crippen LogP contribution in [0.25, 0.3) is 0 Å². The third-order valence-corrected chi connectivity index (χ3v) is 8.76. The van der Waals surface area contributed by atoms with E-state index in [2.05, 4.69) is 71.3 Å². The summed E-state index contributed by atoms with van der Waals surface area (Å²) in [6, 6.07) is 25.3. The number of carbonyl (C=O) groups excluding carboxylic acids is 1. The Morgan fingerprint density at radius 3 is 2.44 bits per heavy atom. The number of likely N-dealkylation sites (tertiary alicyclic amines) is 1. The van der Waals surface area contributed by atoms with Gasteiger partial charge >= 0.3 is 0 Å². The van der Waals surface area contributed by atoms with Gasteiger partial charge in [0.05, 0.1) is 11.6 Å². The number of nitriles is 1. The van der Waals surface area contributed by atoms with Crippen molar-refractivity contribution >= 4 is 5.78 Å². The maximum Gasteiger partial charge on any atom is 0.162 e. The van der Waals surface area contributed by atoms with Crippen LogP contribution < -0.4 is 0 Å². The molecular weight excluding hydrogens is 478 g/mol. The topological polar surface area (TPSA) is 47.3 Å². The number of rotatable bonds is 9. The number of aryl methyl sites for hydroxylation is 1. The van der Waals surface area contributed by atoms with Crippen LogP contribution in [0, 0.1) is 24.2 Å². The minimum absolute atomic E-state index is 0.300. The van der Waals surface area contributed by atoms with E-state index in [0.717, 1.165) is 76.1 Å². The van der Waals surface area contributed by atoms with Crippen LogP contribution in [0.1, 0.15) is 75.8 Å². The minimum atomic E-state index is 0.300. The van der Waals surface area contributed by atoms with E-state index in [1.54, 1.807) is 0 Å². The molecule has 1 fully saturated rings. The van der Waals surface area contributed by atoms with Gasteiger partial charge in [-0.25, -0.2) is 0 Å². The summed E-state index contributed by atoms with van der Waals surface area (Å²) in [6.45, 7) is 8.42. The van der Waals surface area contributed by atoms with Crippen LogP contribution in [0.4, 0.5) is 0 Å². The van der Waals surface area contributed by atoms with Gasteiger partial charge in [-0.2, -0.15) is 5.26 Å². The number of hydrogen-bond acceptors (Lipinski definition) is 4. The summed E-state index contributed by atoms with van der Waals surface area (Å²) in [7, 11) is 0. The maximum atomic E-state index is 13.1. The molecule has 0 aromatic heterocycles. The van der Waals surface area contributed by atoms with E-state index in [4.69, 9.17) is 5.26 Å². The standard InChI is InChI=1S/C35H41N3O/c1-27-6-2-3-10-34(27)26-38-20-16-31-12-13-33(23-32(31)17-21-38)35(39)11-5-7-28-14-18-37(19-15-28)25-30-9-4-8-29(22-30)24-36/h2-4,6,8-10,12-13,22-23,28H,5,7,11,14-21,25-26H2,1H3. The Morgan fingerprint density at radius 2 is 1.64 bits per heavy atom. The molecule has 1 saturated heterocycles. The van der Waals surface area contributed by atoms with E-state index < -0.39 is 0 Å². The molecule has 2 heterocycles. The number of benzene rings is 3. The molecule has 2 aliphatic rings. The molecule has 3 aromatic rings. The van der Waals surface area contributed by atoms with Crippen LogP contribution in [-0.4, -0.2) is 41.8 Å². The lowest BCUT2D eigenvalue weighted by atomic mass is 9.90. The summed E-state index contributed by atoms with van der Waals surface area (Å²) in [4.78, 5) is 18.1. The van der Waals surface area contributed by atoms with E-state index in [9.17, 15) is 4.79 Å². The molecule has 202 valence electrons. The molecule has 0 spiro atoms. The van der Waals surface area contributed by atoms with Crippen LogP contribution in [0.15, 0.2) is 66.7 Å². The summed E-state index contributed by atoms with van der Waals surface area (Å²) >= 11 is 0. The van der Waals surface area contributed by atoms with E-state index in [-0.39, 0.29) is 0 Å². The second-order valence-corrected chi connectivity index (χ2v) is 11.5. The molecule has 39 heavy (non-hydrogen) atoms. The molecule has 0 radical (unpaired) electrons. The molecule has 3 aromatic carbocycles. The van der Waals surface area contributed by atoms with Gasteiger partial charge in [0.25, 0.3) is 0 Å². The van der Waals surface area contributed by atoms with Crippen LogP contribution in [0.3, 0.4) is 0 Å². The molecule has 0 unspecified atom stereocenters. The van der Waals surface area contributed by atoms with Crippen molar-refractivity contribution in [1.82, 2.24) is 9.80 Å². The maximum absolute atomic E-state index is 13.1. The highest BCUT2D eigenvalue weighted by atomic mass is 16.1. The van der Waals surface area contributed by atoms with Crippen LogP contribution in [0.5, 0.6) is 0 Å². The predicted octanol–water partition coefficient (Wildman–Crippen LogP) is 6.73. The molecule has 0 aliphatic carbocycles. The van der Waals surface area contributed by atoms with Gasteiger partial charge in [0.2, 0.25) is 0 Å². The fourth-order valence-corrected chi connectivity index (χ4v) is 6.26. The van der Waals surface area contributed by atoms with Gasteiger partial charge < -0.3 is 0 Å². The zero-order valence-corrected chi connectivity index (χ0v) is 23.4. The fraction of sp³-hybridized carbons (Fsp3) is 0.429. The Bertz CT molecular complexity index is 1320. The molecule has 0 saturated carbocycles. The number of Topliss-reactive ketones (excluding diaryl/α,β-unsaturated/α-hetero) is 1. The lowest BCUT2D eigenvalue weighted by Crippen LogP contribution is -2.33. The van der Waals surface area contributed by atoms with Crippen molar-refractivity contribution in [2.75, 3.05) is 26.2 Å². The first-order valence-electron chi connectivity index (χ1n) is 14.7. The fourth-order valence-electron chi connectivity index (χ4n) is 6.26. The van der Waals surface area contributed by atoms with Gasteiger partial charge in [0.1, 0.15) is 0 Å². The summed E-state index contributed by atoms with van der Waals surface area (Å²) in [6.07, 6.45) is 7.24. The average Bonchev–Trinajstić information content (AvgIpc) is 3.17. The predicted molar refractivity (Wildman–Crippen MR) is 158 cm³/mol. The molecule has 4 nitrogen and oxygen atoms in total. The highest BCUT2D eigenvalue weighted by Gasteiger charge is 2.20. The van der Waals surface area contributed by atoms with Gasteiger partial charge in [0, 0.05) is 38.2 Å². The lowest BCUT2D eigenvalue weighted by molar-refractivity contribution is 0.0974. The Morgan fingerprint density at radius 1 is 0.872 bits per heavy atom. The van der Waals surface area contributed by atoms with Crippen LogP contribution >= 0.6 is 0 Å². The number of nitrogens with zero attached hydrogens (tertiary/aromatic N) is 3. The van der Waals surface area contributed by atoms with Crippen LogP contribution in [-0.2, 0) is 25.9 Å². The molecule has 0 atom stereocenters. The lowest BCUT2D eigenvalue weighted by Gasteiger charge is -2.32. The molecule has 0 bridgehead atoms. The molecule has 4 heteroatoms. The Kier molecular flexibility index (Phi) is 9.24. The van der Waals surface area contributed by atoms with E-state index in [0.29, 0.717) is 18.1 Å². The summed E-state index contributed by atoms with van der Waals surface area (Å²) in [5.74, 6) is 1.01. The first-order valence-corrected chi connectivity index (χ1v) is 14.7. The summed E-state index contributed by atoms with van der Waals surface area (Å²) in [5, 5.41) is 9.13. The molecular formula is C35H41N3O. The van der Waals surface area contributed by atoms with Gasteiger partial charge in [-0.05, 0) is 110 Å². The normalized spacial score (nSPS) is 16.8. The highest BCUT2D eigenvalue weighted by molar-refractivity contribution is 5.96. The van der Waals surface area contributed by atoms with Crippen molar-refractivity contribution < 1.29 is 4.79 Å². The van der Waals surface area contributed by atoms with E-state index in [1.165, 1.54) is 40.7 Å². The minimum Gasteiger partial charge on any atom is -0.299 e. The average molecular weight is 520 g/mol. The van der Waals surface area contributed by atoms with Crippen molar-refractivity contribution in [3.05, 3.63) is 106 Å². The Balaban J connectivity index is 1.05. The quantitative estimate of drug-likeness (QED) is 0.294. The molecule has 5 rings (SSSR count). The van der Waals surface area contributed by atoms with Crippen molar-refractivity contribution in [2.24, 2.45) is 5.92 Å². The Hall–Kier alpha value is -3.26. The third-order valence-electron chi connectivity index (χ3n) is 8.76. The van der Waals surface area contributed by atoms with Gasteiger partial charge in [-0.3, -0.25) is 14.6 Å². The number of ketones is 1. The molecule has 0 N–H and O–H groups in total. The Labute approximate surface area is 234 Å². The van der Waals surface area contributed by atoms with Gasteiger partial charge in [0.15, 0.2) is 5.78 Å². The van der Waals surface area contributed by atoms with Crippen molar-refractivity contribution in [2.45, 2.75) is 65.0 Å². The van der Waals surface area contributed by atoms with Crippen molar-refractivity contribution in [1.29, 1.82) is 5.26 Å². The van der Waals surface area contributed by atoms with Crippen molar-refractivity contribution in [3.8, 4) is 6.07 Å². The molecule has 0 amide bonds. The first-order chi connectivity index (χ1) is 19.1. The second-order valence-electron chi connectivity index (χ2n) is 11.5. The largest absolute Gasteiger partial charge is 0.299 e. The number of hydrogen-bond donors (Lipinski definition) is 0. The number of fused-ring (bicyclic) bond motifs is 1. The summed E-state index contributed by atoms with van der Waals surface area (Å²) in [5.41, 5.74) is 8.40. The smallest absolute Gasteiger partial charge is 0.162 e. The number of piperidine rings is 1. The van der Waals surface area contributed by atoms with Crippen LogP contribution in [0.2, 0.25) is 0 Å². The summed E-state index contributed by atoms with van der Waals surface area (Å²) < 4.78 is 0. The first kappa shape index (κ1) is 27.3. The van der Waals surface area contributed by atoms with E-state index >= 15 is 0 Å². The zero-order chi connectivity index (χ0) is 27.0. The zero-order valence-electron chi connectivity index (χ0n) is 23.4. The van der Waals surface area contributed by atoms with E-state index in [1.807, 2.05) is 18.2 Å². The highest BCUT2D eigenvalue weighted by Crippen LogP contribution is 2.25. The number of carbonyl (C=O) groups is 1. The van der Waals surface area contributed by atoms with Gasteiger partial charge in [-0.1, -0.05) is 48.5 Å². The molecule has 2 aliphatic heterocycles. The van der Waals surface area contributed by atoms with Gasteiger partial charge in [-0.15, -0.1) is 0 Å². The monoisotopic (exact) mass is 519 g/mol. The second kappa shape index (κ2) is 13.2. The van der Waals surface area contributed by atoms with Crippen molar-refractivity contribution in [3.63, 3.8) is 0 Å².